The highest BCUT2D eigenvalue weighted by atomic mass is 79.9. The third-order valence-corrected chi connectivity index (χ3v) is 2.36. The monoisotopic (exact) mass is 255 g/mol. The predicted octanol–water partition coefficient (Wildman–Crippen LogP) is 1.08. The van der Waals surface area contributed by atoms with Crippen molar-refractivity contribution in [3.63, 3.8) is 0 Å². The number of carbonyl (C=O) groups excluding carboxylic acids is 1. The van der Waals surface area contributed by atoms with Gasteiger partial charge in [0.05, 0.1) is 22.7 Å². The number of anilines is 1. The summed E-state index contributed by atoms with van der Waals surface area (Å²) in [4.78, 5) is 15.0. The van der Waals surface area contributed by atoms with Crippen LogP contribution in [-0.4, -0.2) is 18.1 Å². The van der Waals surface area contributed by atoms with Crippen LogP contribution in [-0.2, 0) is 4.74 Å². The molecule has 72 valence electrons. The van der Waals surface area contributed by atoms with Crippen molar-refractivity contribution < 1.29 is 9.53 Å². The number of esters is 1. The summed E-state index contributed by atoms with van der Waals surface area (Å²) in [5.74, 6) is -0.480. The lowest BCUT2D eigenvalue weighted by atomic mass is 10.1. The molecular formula is C8H6BrN3O2. The highest BCUT2D eigenvalue weighted by molar-refractivity contribution is 9.10. The van der Waals surface area contributed by atoms with Gasteiger partial charge in [0.25, 0.3) is 0 Å². The van der Waals surface area contributed by atoms with E-state index in [1.165, 1.54) is 13.3 Å². The van der Waals surface area contributed by atoms with Gasteiger partial charge in [-0.15, -0.1) is 0 Å². The zero-order valence-electron chi connectivity index (χ0n) is 7.24. The molecule has 6 heteroatoms. The van der Waals surface area contributed by atoms with Crippen molar-refractivity contribution in [2.24, 2.45) is 0 Å². The summed E-state index contributed by atoms with van der Waals surface area (Å²) in [6, 6.07) is 1.83. The molecule has 0 aliphatic heterocycles. The summed E-state index contributed by atoms with van der Waals surface area (Å²) in [5.41, 5.74) is 5.68. The van der Waals surface area contributed by atoms with Crippen LogP contribution in [0.25, 0.3) is 0 Å². The molecule has 0 atom stereocenters. The zero-order chi connectivity index (χ0) is 10.7. The lowest BCUT2D eigenvalue weighted by Gasteiger charge is -2.05. The maximum Gasteiger partial charge on any atom is 0.340 e. The smallest absolute Gasteiger partial charge is 0.340 e. The van der Waals surface area contributed by atoms with Crippen LogP contribution in [0.2, 0.25) is 0 Å². The van der Waals surface area contributed by atoms with Gasteiger partial charge in [-0.1, -0.05) is 0 Å². The Labute approximate surface area is 88.6 Å². The highest BCUT2D eigenvalue weighted by Gasteiger charge is 2.18. The van der Waals surface area contributed by atoms with Crippen molar-refractivity contribution in [2.75, 3.05) is 12.8 Å². The second-order valence-corrected chi connectivity index (χ2v) is 3.14. The number of halogens is 1. The first-order valence-corrected chi connectivity index (χ1v) is 4.33. The Morgan fingerprint density at radius 3 is 2.93 bits per heavy atom. The first kappa shape index (κ1) is 10.5. The molecular weight excluding hydrogens is 250 g/mol. The minimum absolute atomic E-state index is 0.0995. The molecule has 0 aliphatic rings. The van der Waals surface area contributed by atoms with Crippen LogP contribution in [0.3, 0.4) is 0 Å². The molecule has 0 fully saturated rings. The molecule has 1 rings (SSSR count). The largest absolute Gasteiger partial charge is 0.465 e. The molecule has 2 N–H and O–H groups in total. The Kier molecular flexibility index (Phi) is 3.04. The van der Waals surface area contributed by atoms with Crippen molar-refractivity contribution in [1.29, 1.82) is 5.26 Å². The quantitative estimate of drug-likeness (QED) is 0.759. The van der Waals surface area contributed by atoms with E-state index in [0.29, 0.717) is 0 Å². The number of nitrogens with two attached hydrogens (primary N) is 1. The van der Waals surface area contributed by atoms with Gasteiger partial charge in [-0.25, -0.2) is 9.78 Å². The van der Waals surface area contributed by atoms with Crippen molar-refractivity contribution in [1.82, 2.24) is 4.98 Å². The third kappa shape index (κ3) is 1.67. The Balaban J connectivity index is 3.45. The zero-order valence-corrected chi connectivity index (χ0v) is 8.83. The first-order valence-electron chi connectivity index (χ1n) is 3.54. The van der Waals surface area contributed by atoms with Gasteiger partial charge in [0.1, 0.15) is 11.9 Å². The maximum atomic E-state index is 11.3. The molecule has 0 spiro atoms. The van der Waals surface area contributed by atoms with Crippen molar-refractivity contribution in [3.8, 4) is 6.07 Å². The number of carbonyl (C=O) groups is 1. The fourth-order valence-corrected chi connectivity index (χ4v) is 1.37. The number of pyridine rings is 1. The van der Waals surface area contributed by atoms with E-state index in [-0.39, 0.29) is 21.4 Å². The lowest BCUT2D eigenvalue weighted by Crippen LogP contribution is -2.08. The topological polar surface area (TPSA) is 89.0 Å². The van der Waals surface area contributed by atoms with E-state index in [1.807, 2.05) is 6.07 Å². The van der Waals surface area contributed by atoms with Crippen molar-refractivity contribution >= 4 is 27.7 Å². The summed E-state index contributed by atoms with van der Waals surface area (Å²) >= 11 is 3.07. The third-order valence-electron chi connectivity index (χ3n) is 1.56. The minimum atomic E-state index is -0.623. The van der Waals surface area contributed by atoms with Gasteiger partial charge in [0, 0.05) is 6.20 Å². The number of aromatic nitrogens is 1. The number of nitriles is 1. The number of nitrogens with zero attached hydrogens (tertiary/aromatic N) is 2. The number of nitrogen functional groups attached to an aromatic ring is 1. The van der Waals surface area contributed by atoms with E-state index in [1.54, 1.807) is 0 Å². The molecule has 5 nitrogen and oxygen atoms in total. The molecule has 0 amide bonds. The maximum absolute atomic E-state index is 11.3. The summed E-state index contributed by atoms with van der Waals surface area (Å²) in [6.45, 7) is 0. The van der Waals surface area contributed by atoms with E-state index in [9.17, 15) is 4.79 Å². The molecule has 1 heterocycles. The van der Waals surface area contributed by atoms with Gasteiger partial charge in [-0.2, -0.15) is 5.26 Å². The van der Waals surface area contributed by atoms with Crippen LogP contribution in [0.5, 0.6) is 0 Å². The van der Waals surface area contributed by atoms with Gasteiger partial charge in [0.15, 0.2) is 0 Å². The first-order chi connectivity index (χ1) is 6.61. The van der Waals surface area contributed by atoms with Gasteiger partial charge in [-0.05, 0) is 15.9 Å². The molecule has 0 aromatic carbocycles. The van der Waals surface area contributed by atoms with E-state index >= 15 is 0 Å². The predicted molar refractivity (Wildman–Crippen MR) is 52.4 cm³/mol. The highest BCUT2D eigenvalue weighted by Crippen LogP contribution is 2.25. The van der Waals surface area contributed by atoms with Gasteiger partial charge in [-0.3, -0.25) is 0 Å². The number of methoxy groups -OCH3 is 1. The molecule has 0 bridgehead atoms. The summed E-state index contributed by atoms with van der Waals surface area (Å²) in [6.07, 6.45) is 1.23. The van der Waals surface area contributed by atoms with Gasteiger partial charge >= 0.3 is 5.97 Å². The van der Waals surface area contributed by atoms with Gasteiger partial charge < -0.3 is 10.5 Å². The SMILES string of the molecule is COC(=O)c1c(C#N)cnc(N)c1Br. The molecule has 0 unspecified atom stereocenters. The summed E-state index contributed by atoms with van der Waals surface area (Å²) in [7, 11) is 1.23. The van der Waals surface area contributed by atoms with Crippen LogP contribution in [0.1, 0.15) is 15.9 Å². The standard InChI is InChI=1S/C8H6BrN3O2/c1-14-8(13)5-4(2-10)3-12-7(11)6(5)9/h3H,1H3,(H2,11,12). The van der Waals surface area contributed by atoms with Crippen LogP contribution in [0, 0.1) is 11.3 Å². The van der Waals surface area contributed by atoms with E-state index in [2.05, 4.69) is 25.7 Å². The Hall–Kier alpha value is -1.61. The van der Waals surface area contributed by atoms with Crippen molar-refractivity contribution in [3.05, 3.63) is 21.8 Å². The number of ether oxygens (including phenoxy) is 1. The van der Waals surface area contributed by atoms with Crippen molar-refractivity contribution in [2.45, 2.75) is 0 Å². The summed E-state index contributed by atoms with van der Waals surface area (Å²) in [5, 5.41) is 8.72. The molecule has 0 saturated carbocycles. The Morgan fingerprint density at radius 2 is 2.43 bits per heavy atom. The molecule has 1 aromatic rings. The second kappa shape index (κ2) is 4.07. The number of hydrogen-bond donors (Lipinski definition) is 1. The average molecular weight is 256 g/mol. The number of rotatable bonds is 1. The van der Waals surface area contributed by atoms with Crippen LogP contribution in [0.4, 0.5) is 5.82 Å². The van der Waals surface area contributed by atoms with E-state index < -0.39 is 5.97 Å². The van der Waals surface area contributed by atoms with E-state index in [4.69, 9.17) is 11.0 Å². The second-order valence-electron chi connectivity index (χ2n) is 2.35. The summed E-state index contributed by atoms with van der Waals surface area (Å²) < 4.78 is 4.79. The van der Waals surface area contributed by atoms with Crippen LogP contribution < -0.4 is 5.73 Å². The van der Waals surface area contributed by atoms with Gasteiger partial charge in [0.2, 0.25) is 0 Å². The number of hydrogen-bond acceptors (Lipinski definition) is 5. The minimum Gasteiger partial charge on any atom is -0.465 e. The average Bonchev–Trinajstić information content (AvgIpc) is 2.20. The molecule has 0 saturated heterocycles. The molecule has 0 aliphatic carbocycles. The normalized spacial score (nSPS) is 9.21. The molecule has 0 radical (unpaired) electrons. The fraction of sp³-hybridized carbons (Fsp3) is 0.125. The molecule has 14 heavy (non-hydrogen) atoms. The lowest BCUT2D eigenvalue weighted by molar-refractivity contribution is 0.0599. The van der Waals surface area contributed by atoms with Crippen LogP contribution >= 0.6 is 15.9 Å². The fourth-order valence-electron chi connectivity index (χ4n) is 0.888. The van der Waals surface area contributed by atoms with E-state index in [0.717, 1.165) is 0 Å². The van der Waals surface area contributed by atoms with Crippen LogP contribution in [0.15, 0.2) is 10.7 Å². The Bertz CT molecular complexity index is 425. The Morgan fingerprint density at radius 1 is 1.79 bits per heavy atom. The molecule has 1 aromatic heterocycles.